The maximum Gasteiger partial charge on any atom is 0.243 e. The van der Waals surface area contributed by atoms with Crippen LogP contribution in [0.1, 0.15) is 12.8 Å². The highest BCUT2D eigenvalue weighted by atomic mass is 35.5. The van der Waals surface area contributed by atoms with Crippen molar-refractivity contribution in [2.75, 3.05) is 19.6 Å². The molecule has 0 aliphatic carbocycles. The lowest BCUT2D eigenvalue weighted by Gasteiger charge is -2.22. The van der Waals surface area contributed by atoms with Crippen molar-refractivity contribution in [1.82, 2.24) is 10.0 Å². The van der Waals surface area contributed by atoms with Gasteiger partial charge in [-0.2, -0.15) is 0 Å². The van der Waals surface area contributed by atoms with Crippen molar-refractivity contribution in [3.63, 3.8) is 0 Å². The number of sulfonamides is 1. The summed E-state index contributed by atoms with van der Waals surface area (Å²) in [7, 11) is -3.85. The van der Waals surface area contributed by atoms with E-state index in [1.807, 2.05) is 0 Å². The second-order valence-electron chi connectivity index (χ2n) is 4.62. The fraction of sp³-hybridized carbons (Fsp3) is 0.500. The van der Waals surface area contributed by atoms with Gasteiger partial charge in [0.2, 0.25) is 10.0 Å². The van der Waals surface area contributed by atoms with E-state index in [2.05, 4.69) is 10.0 Å². The minimum Gasteiger partial charge on any atom is -0.316 e. The van der Waals surface area contributed by atoms with Gasteiger partial charge < -0.3 is 5.32 Å². The van der Waals surface area contributed by atoms with Gasteiger partial charge in [0.1, 0.15) is 4.90 Å². The third-order valence-corrected chi connectivity index (χ3v) is 4.90. The molecule has 0 aromatic heterocycles. The van der Waals surface area contributed by atoms with Crippen molar-refractivity contribution in [2.45, 2.75) is 17.7 Å². The Morgan fingerprint density at radius 3 is 2.95 bits per heavy atom. The normalized spacial score (nSPS) is 20.4. The SMILES string of the molecule is O=S(=O)(NC[C@H]1CCCNC1)c1cccc(Cl)c1F. The van der Waals surface area contributed by atoms with Gasteiger partial charge in [0.25, 0.3) is 0 Å². The average Bonchev–Trinajstić information content (AvgIpc) is 2.41. The Labute approximate surface area is 117 Å². The topological polar surface area (TPSA) is 58.2 Å². The molecule has 1 heterocycles. The molecule has 106 valence electrons. The fourth-order valence-electron chi connectivity index (χ4n) is 2.10. The van der Waals surface area contributed by atoms with Crippen LogP contribution in [0.3, 0.4) is 0 Å². The maximum atomic E-state index is 13.7. The van der Waals surface area contributed by atoms with Gasteiger partial charge in [-0.1, -0.05) is 17.7 Å². The Balaban J connectivity index is 2.07. The predicted octanol–water partition coefficient (Wildman–Crippen LogP) is 1.76. The van der Waals surface area contributed by atoms with Crippen LogP contribution in [-0.2, 0) is 10.0 Å². The van der Waals surface area contributed by atoms with Crippen molar-refractivity contribution < 1.29 is 12.8 Å². The van der Waals surface area contributed by atoms with Crippen molar-refractivity contribution in [3.8, 4) is 0 Å². The Morgan fingerprint density at radius 2 is 2.26 bits per heavy atom. The molecule has 0 unspecified atom stereocenters. The van der Waals surface area contributed by atoms with Crippen molar-refractivity contribution >= 4 is 21.6 Å². The third kappa shape index (κ3) is 3.66. The zero-order valence-corrected chi connectivity index (χ0v) is 11.9. The molecule has 1 saturated heterocycles. The van der Waals surface area contributed by atoms with Crippen molar-refractivity contribution in [2.24, 2.45) is 5.92 Å². The second-order valence-corrected chi connectivity index (χ2v) is 6.76. The summed E-state index contributed by atoms with van der Waals surface area (Å²) in [6.07, 6.45) is 1.99. The second kappa shape index (κ2) is 6.17. The van der Waals surface area contributed by atoms with Crippen LogP contribution in [0.5, 0.6) is 0 Å². The molecule has 1 aliphatic heterocycles. The van der Waals surface area contributed by atoms with E-state index in [9.17, 15) is 12.8 Å². The summed E-state index contributed by atoms with van der Waals surface area (Å²) in [5, 5.41) is 3.01. The van der Waals surface area contributed by atoms with Gasteiger partial charge in [-0.05, 0) is 44.0 Å². The molecule has 1 aromatic rings. The minimum atomic E-state index is -3.85. The van der Waals surface area contributed by atoms with E-state index in [-0.39, 0.29) is 10.9 Å². The van der Waals surface area contributed by atoms with Crippen LogP contribution in [0.2, 0.25) is 5.02 Å². The standard InChI is InChI=1S/C12H16ClFN2O2S/c13-10-4-1-5-11(12(10)14)19(17,18)16-8-9-3-2-6-15-7-9/h1,4-5,9,15-16H,2-3,6-8H2/t9-/m0/s1. The molecule has 0 radical (unpaired) electrons. The highest BCUT2D eigenvalue weighted by Gasteiger charge is 2.22. The summed E-state index contributed by atoms with van der Waals surface area (Å²) < 4.78 is 40.2. The molecular formula is C12H16ClFN2O2S. The Bertz CT molecular complexity index is 545. The molecule has 2 N–H and O–H groups in total. The molecule has 0 amide bonds. The zero-order valence-electron chi connectivity index (χ0n) is 10.3. The number of halogens is 2. The molecule has 0 saturated carbocycles. The van der Waals surface area contributed by atoms with Gasteiger partial charge in [-0.15, -0.1) is 0 Å². The molecule has 2 rings (SSSR count). The van der Waals surface area contributed by atoms with Crippen LogP contribution in [0.25, 0.3) is 0 Å². The highest BCUT2D eigenvalue weighted by molar-refractivity contribution is 7.89. The van der Waals surface area contributed by atoms with Crippen LogP contribution in [0.4, 0.5) is 4.39 Å². The Morgan fingerprint density at radius 1 is 1.47 bits per heavy atom. The molecule has 4 nitrogen and oxygen atoms in total. The first-order valence-corrected chi connectivity index (χ1v) is 8.01. The molecule has 1 aromatic carbocycles. The van der Waals surface area contributed by atoms with Crippen LogP contribution in [-0.4, -0.2) is 28.1 Å². The molecule has 1 aliphatic rings. The van der Waals surface area contributed by atoms with E-state index < -0.39 is 20.7 Å². The number of hydrogen-bond acceptors (Lipinski definition) is 3. The molecule has 0 spiro atoms. The third-order valence-electron chi connectivity index (χ3n) is 3.17. The lowest BCUT2D eigenvalue weighted by Crippen LogP contribution is -2.38. The number of nitrogens with one attached hydrogen (secondary N) is 2. The molecule has 19 heavy (non-hydrogen) atoms. The van der Waals surface area contributed by atoms with Gasteiger partial charge in [0, 0.05) is 6.54 Å². The monoisotopic (exact) mass is 306 g/mol. The quantitative estimate of drug-likeness (QED) is 0.891. The summed E-state index contributed by atoms with van der Waals surface area (Å²) in [4.78, 5) is -0.399. The van der Waals surface area contributed by atoms with E-state index in [4.69, 9.17) is 11.6 Å². The Kier molecular flexibility index (Phi) is 4.78. The summed E-state index contributed by atoms with van der Waals surface area (Å²) >= 11 is 5.59. The maximum absolute atomic E-state index is 13.7. The first kappa shape index (κ1) is 14.7. The van der Waals surface area contributed by atoms with Crippen LogP contribution in [0.15, 0.2) is 23.1 Å². The largest absolute Gasteiger partial charge is 0.316 e. The molecule has 1 fully saturated rings. The summed E-state index contributed by atoms with van der Waals surface area (Å²) in [5.74, 6) is -0.663. The number of hydrogen-bond donors (Lipinski definition) is 2. The van der Waals surface area contributed by atoms with Gasteiger partial charge >= 0.3 is 0 Å². The molecule has 1 atom stereocenters. The summed E-state index contributed by atoms with van der Waals surface area (Å²) in [5.41, 5.74) is 0. The van der Waals surface area contributed by atoms with Gasteiger partial charge in [0.15, 0.2) is 5.82 Å². The lowest BCUT2D eigenvalue weighted by atomic mass is 10.0. The minimum absolute atomic E-state index is 0.192. The van der Waals surface area contributed by atoms with Crippen LogP contribution < -0.4 is 10.0 Å². The van der Waals surface area contributed by atoms with E-state index in [1.54, 1.807) is 0 Å². The molecule has 0 bridgehead atoms. The van der Waals surface area contributed by atoms with E-state index >= 15 is 0 Å². The highest BCUT2D eigenvalue weighted by Crippen LogP contribution is 2.22. The number of rotatable bonds is 4. The first-order chi connectivity index (χ1) is 9.00. The average molecular weight is 307 g/mol. The first-order valence-electron chi connectivity index (χ1n) is 6.15. The summed E-state index contributed by atoms with van der Waals surface area (Å²) in [6.45, 7) is 2.05. The van der Waals surface area contributed by atoms with E-state index in [0.29, 0.717) is 6.54 Å². The van der Waals surface area contributed by atoms with Crippen molar-refractivity contribution in [3.05, 3.63) is 29.0 Å². The Hall–Kier alpha value is -0.690. The van der Waals surface area contributed by atoms with Gasteiger partial charge in [-0.25, -0.2) is 17.5 Å². The van der Waals surface area contributed by atoms with Gasteiger partial charge in [0.05, 0.1) is 5.02 Å². The lowest BCUT2D eigenvalue weighted by molar-refractivity contribution is 0.375. The summed E-state index contributed by atoms with van der Waals surface area (Å²) in [6, 6.07) is 3.95. The van der Waals surface area contributed by atoms with E-state index in [1.165, 1.54) is 18.2 Å². The zero-order chi connectivity index (χ0) is 13.9. The van der Waals surface area contributed by atoms with Crippen LogP contribution >= 0.6 is 11.6 Å². The van der Waals surface area contributed by atoms with Gasteiger partial charge in [-0.3, -0.25) is 0 Å². The molecular weight excluding hydrogens is 291 g/mol. The molecule has 7 heteroatoms. The van der Waals surface area contributed by atoms with Crippen molar-refractivity contribution in [1.29, 1.82) is 0 Å². The van der Waals surface area contributed by atoms with Crippen LogP contribution in [0, 0.1) is 11.7 Å². The number of benzene rings is 1. The number of piperidine rings is 1. The predicted molar refractivity (Wildman–Crippen MR) is 72.2 cm³/mol. The fourth-order valence-corrected chi connectivity index (χ4v) is 3.54. The van der Waals surface area contributed by atoms with E-state index in [0.717, 1.165) is 25.9 Å². The smallest absolute Gasteiger partial charge is 0.243 e.